The zero-order valence-corrected chi connectivity index (χ0v) is 11.9. The van der Waals surface area contributed by atoms with E-state index in [1.807, 2.05) is 0 Å². The fourth-order valence-electron chi connectivity index (χ4n) is 2.42. The summed E-state index contributed by atoms with van der Waals surface area (Å²) in [5, 5.41) is 48.3. The molecule has 0 aliphatic carbocycles. The van der Waals surface area contributed by atoms with Crippen molar-refractivity contribution in [2.45, 2.75) is 6.92 Å². The molecule has 0 saturated carbocycles. The standard InChI is InChI=1S/C16H12O7/c1-6-2-8(17)5-11-12(6)14(21)15(22)16(23-11)7-3-9(18)13(20)10(19)4-7/h2-5,17-20,22H,1H3. The van der Waals surface area contributed by atoms with Crippen molar-refractivity contribution < 1.29 is 29.9 Å². The maximum atomic E-state index is 12.3. The van der Waals surface area contributed by atoms with Gasteiger partial charge in [-0.25, -0.2) is 0 Å². The zero-order chi connectivity index (χ0) is 16.9. The summed E-state index contributed by atoms with van der Waals surface area (Å²) in [5.41, 5.74) is -0.277. The number of aryl methyl sites for hydroxylation is 1. The van der Waals surface area contributed by atoms with Gasteiger partial charge in [0.15, 0.2) is 23.0 Å². The lowest BCUT2D eigenvalue weighted by molar-refractivity contribution is 0.368. The monoisotopic (exact) mass is 316 g/mol. The van der Waals surface area contributed by atoms with Crippen molar-refractivity contribution >= 4 is 11.0 Å². The minimum absolute atomic E-state index is 0.0182. The number of benzene rings is 2. The smallest absolute Gasteiger partial charge is 0.235 e. The number of phenols is 4. The topological polar surface area (TPSA) is 131 Å². The van der Waals surface area contributed by atoms with Gasteiger partial charge in [-0.05, 0) is 30.7 Å². The van der Waals surface area contributed by atoms with Crippen LogP contribution < -0.4 is 5.43 Å². The molecule has 0 saturated heterocycles. The molecule has 2 aromatic carbocycles. The third kappa shape index (κ3) is 2.18. The fraction of sp³-hybridized carbons (Fsp3) is 0.0625. The maximum absolute atomic E-state index is 12.3. The second-order valence-electron chi connectivity index (χ2n) is 5.11. The zero-order valence-electron chi connectivity index (χ0n) is 11.9. The lowest BCUT2D eigenvalue weighted by Gasteiger charge is -2.09. The maximum Gasteiger partial charge on any atom is 0.235 e. The molecule has 3 aromatic rings. The average Bonchev–Trinajstić information content (AvgIpc) is 2.47. The van der Waals surface area contributed by atoms with Crippen molar-refractivity contribution in [1.29, 1.82) is 0 Å². The molecule has 3 rings (SSSR count). The van der Waals surface area contributed by atoms with Crippen LogP contribution in [0.15, 0.2) is 33.5 Å². The number of hydrogen-bond donors (Lipinski definition) is 5. The Kier molecular flexibility index (Phi) is 3.07. The fourth-order valence-corrected chi connectivity index (χ4v) is 2.42. The normalized spacial score (nSPS) is 11.0. The van der Waals surface area contributed by atoms with Crippen LogP contribution in [0.25, 0.3) is 22.3 Å². The van der Waals surface area contributed by atoms with E-state index >= 15 is 0 Å². The number of hydrogen-bond acceptors (Lipinski definition) is 7. The Morgan fingerprint density at radius 2 is 1.48 bits per heavy atom. The highest BCUT2D eigenvalue weighted by Gasteiger charge is 2.19. The van der Waals surface area contributed by atoms with Crippen molar-refractivity contribution in [3.05, 3.63) is 40.1 Å². The van der Waals surface area contributed by atoms with E-state index in [0.717, 1.165) is 12.1 Å². The third-order valence-electron chi connectivity index (χ3n) is 3.49. The first-order valence-corrected chi connectivity index (χ1v) is 6.54. The molecule has 1 heterocycles. The molecule has 0 bridgehead atoms. The number of phenolic OH excluding ortho intramolecular Hbond substituents is 4. The molecule has 118 valence electrons. The summed E-state index contributed by atoms with van der Waals surface area (Å²) in [7, 11) is 0. The molecule has 0 atom stereocenters. The minimum atomic E-state index is -0.732. The molecule has 0 aliphatic heterocycles. The quantitative estimate of drug-likeness (QED) is 0.435. The van der Waals surface area contributed by atoms with Crippen LogP contribution in [0.3, 0.4) is 0 Å². The van der Waals surface area contributed by atoms with Crippen molar-refractivity contribution in [1.82, 2.24) is 0 Å². The number of aromatic hydroxyl groups is 5. The molecule has 1 aromatic heterocycles. The molecule has 0 spiro atoms. The van der Waals surface area contributed by atoms with Crippen molar-refractivity contribution in [2.24, 2.45) is 0 Å². The Morgan fingerprint density at radius 3 is 2.09 bits per heavy atom. The first kappa shape index (κ1) is 14.6. The van der Waals surface area contributed by atoms with Crippen LogP contribution in [0.5, 0.6) is 28.7 Å². The molecular formula is C16H12O7. The van der Waals surface area contributed by atoms with Gasteiger partial charge in [0.25, 0.3) is 0 Å². The predicted octanol–water partition coefficient (Wildman–Crippen LogP) is 2.30. The molecule has 0 fully saturated rings. The first-order valence-electron chi connectivity index (χ1n) is 6.54. The Labute approximate surface area is 128 Å². The van der Waals surface area contributed by atoms with Gasteiger partial charge in [-0.15, -0.1) is 0 Å². The number of fused-ring (bicyclic) bond motifs is 1. The number of rotatable bonds is 1. The van der Waals surface area contributed by atoms with E-state index in [9.17, 15) is 30.3 Å². The summed E-state index contributed by atoms with van der Waals surface area (Å²) in [4.78, 5) is 12.3. The summed E-state index contributed by atoms with van der Waals surface area (Å²) in [6.07, 6.45) is 0. The van der Waals surface area contributed by atoms with Crippen LogP contribution in [0.4, 0.5) is 0 Å². The van der Waals surface area contributed by atoms with Gasteiger partial charge >= 0.3 is 0 Å². The van der Waals surface area contributed by atoms with Gasteiger partial charge in [0, 0.05) is 11.6 Å². The molecule has 0 aliphatic rings. The Balaban J connectivity index is 2.40. The van der Waals surface area contributed by atoms with E-state index in [1.54, 1.807) is 6.92 Å². The molecular weight excluding hydrogens is 304 g/mol. The lowest BCUT2D eigenvalue weighted by Crippen LogP contribution is -2.04. The van der Waals surface area contributed by atoms with Gasteiger partial charge in [0.1, 0.15) is 11.3 Å². The van der Waals surface area contributed by atoms with Crippen LogP contribution >= 0.6 is 0 Å². The molecule has 0 amide bonds. The van der Waals surface area contributed by atoms with E-state index in [1.165, 1.54) is 12.1 Å². The Hall–Kier alpha value is -3.35. The molecule has 7 heteroatoms. The Morgan fingerprint density at radius 1 is 0.870 bits per heavy atom. The summed E-state index contributed by atoms with van der Waals surface area (Å²) in [5.74, 6) is -3.16. The highest BCUT2D eigenvalue weighted by molar-refractivity contribution is 5.86. The molecule has 0 unspecified atom stereocenters. The SMILES string of the molecule is Cc1cc(O)cc2oc(-c3cc(O)c(O)c(O)c3)c(O)c(=O)c12. The second-order valence-corrected chi connectivity index (χ2v) is 5.11. The van der Waals surface area contributed by atoms with Crippen molar-refractivity contribution in [3.63, 3.8) is 0 Å². The highest BCUT2D eigenvalue weighted by atomic mass is 16.4. The van der Waals surface area contributed by atoms with Gasteiger partial charge in [-0.3, -0.25) is 4.79 Å². The minimum Gasteiger partial charge on any atom is -0.508 e. The third-order valence-corrected chi connectivity index (χ3v) is 3.49. The van der Waals surface area contributed by atoms with E-state index in [4.69, 9.17) is 4.42 Å². The first-order chi connectivity index (χ1) is 10.8. The van der Waals surface area contributed by atoms with Gasteiger partial charge in [-0.2, -0.15) is 0 Å². The molecule has 0 radical (unpaired) electrons. The van der Waals surface area contributed by atoms with E-state index in [-0.39, 0.29) is 28.0 Å². The summed E-state index contributed by atoms with van der Waals surface area (Å²) >= 11 is 0. The van der Waals surface area contributed by atoms with Gasteiger partial charge < -0.3 is 29.9 Å². The second kappa shape index (κ2) is 4.84. The summed E-state index contributed by atoms with van der Waals surface area (Å²) < 4.78 is 5.46. The highest BCUT2D eigenvalue weighted by Crippen LogP contribution is 2.41. The molecule has 23 heavy (non-hydrogen) atoms. The van der Waals surface area contributed by atoms with Crippen LogP contribution in [0.1, 0.15) is 5.56 Å². The van der Waals surface area contributed by atoms with E-state index in [0.29, 0.717) is 5.56 Å². The molecule has 5 N–H and O–H groups in total. The van der Waals surface area contributed by atoms with Crippen LogP contribution in [0, 0.1) is 6.92 Å². The summed E-state index contributed by atoms with van der Waals surface area (Å²) in [6.45, 7) is 1.58. The molecule has 7 nitrogen and oxygen atoms in total. The largest absolute Gasteiger partial charge is 0.508 e. The van der Waals surface area contributed by atoms with Gasteiger partial charge in [0.05, 0.1) is 5.39 Å². The average molecular weight is 316 g/mol. The summed E-state index contributed by atoms with van der Waals surface area (Å²) in [6, 6.07) is 4.62. The van der Waals surface area contributed by atoms with E-state index < -0.39 is 28.4 Å². The van der Waals surface area contributed by atoms with Crippen molar-refractivity contribution in [3.8, 4) is 40.1 Å². The van der Waals surface area contributed by atoms with Crippen LogP contribution in [0.2, 0.25) is 0 Å². The van der Waals surface area contributed by atoms with Crippen LogP contribution in [-0.4, -0.2) is 25.5 Å². The van der Waals surface area contributed by atoms with E-state index in [2.05, 4.69) is 0 Å². The van der Waals surface area contributed by atoms with Gasteiger partial charge in [0.2, 0.25) is 11.2 Å². The lowest BCUT2D eigenvalue weighted by atomic mass is 10.1. The van der Waals surface area contributed by atoms with Gasteiger partial charge in [-0.1, -0.05) is 0 Å². The van der Waals surface area contributed by atoms with Crippen LogP contribution in [-0.2, 0) is 0 Å². The van der Waals surface area contributed by atoms with Crippen molar-refractivity contribution in [2.75, 3.05) is 0 Å². The predicted molar refractivity (Wildman–Crippen MR) is 81.0 cm³/mol. The Bertz CT molecular complexity index is 978.